The number of carbonyl (C=O) groups is 1. The zero-order valence-corrected chi connectivity index (χ0v) is 11.6. The number of rotatable bonds is 1. The Morgan fingerprint density at radius 1 is 1.22 bits per heavy atom. The van der Waals surface area contributed by atoms with Gasteiger partial charge in [-0.25, -0.2) is 0 Å². The van der Waals surface area contributed by atoms with Crippen molar-refractivity contribution >= 4 is 5.91 Å². The Hall–Kier alpha value is -0.650. The summed E-state index contributed by atoms with van der Waals surface area (Å²) in [5.41, 5.74) is -1.21. The average molecular weight is 256 g/mol. The van der Waals surface area contributed by atoms with Crippen LogP contribution in [-0.2, 0) is 9.53 Å². The van der Waals surface area contributed by atoms with Gasteiger partial charge in [0.15, 0.2) is 0 Å². The summed E-state index contributed by atoms with van der Waals surface area (Å²) >= 11 is 0. The summed E-state index contributed by atoms with van der Waals surface area (Å²) in [5.74, 6) is -0.113. The molecule has 2 unspecified atom stereocenters. The molecule has 18 heavy (non-hydrogen) atoms. The Labute approximate surface area is 109 Å². The zero-order chi connectivity index (χ0) is 13.3. The normalized spacial score (nSPS) is 33.4. The van der Waals surface area contributed by atoms with Crippen molar-refractivity contribution in [3.63, 3.8) is 0 Å². The molecule has 2 atom stereocenters. The second-order valence-corrected chi connectivity index (χ2v) is 5.74. The first-order valence-electron chi connectivity index (χ1n) is 6.75. The van der Waals surface area contributed by atoms with Crippen LogP contribution in [0.1, 0.15) is 26.7 Å². The van der Waals surface area contributed by atoms with Crippen molar-refractivity contribution < 1.29 is 14.6 Å². The largest absolute Gasteiger partial charge is 0.381 e. The summed E-state index contributed by atoms with van der Waals surface area (Å²) in [7, 11) is 2.08. The van der Waals surface area contributed by atoms with Gasteiger partial charge in [-0.15, -0.1) is 0 Å². The number of aliphatic hydroxyl groups is 1. The molecule has 2 aliphatic rings. The van der Waals surface area contributed by atoms with Crippen LogP contribution in [0, 0.1) is 0 Å². The van der Waals surface area contributed by atoms with Crippen LogP contribution < -0.4 is 0 Å². The maximum absolute atomic E-state index is 12.5. The molecule has 2 rings (SSSR count). The lowest BCUT2D eigenvalue weighted by Gasteiger charge is -2.45. The molecule has 2 aliphatic heterocycles. The van der Waals surface area contributed by atoms with Crippen LogP contribution in [0.3, 0.4) is 0 Å². The van der Waals surface area contributed by atoms with E-state index in [9.17, 15) is 9.90 Å². The average Bonchev–Trinajstić information content (AvgIpc) is 2.34. The molecular weight excluding hydrogens is 232 g/mol. The minimum absolute atomic E-state index is 0.113. The Bertz CT molecular complexity index is 315. The molecule has 2 heterocycles. The number of nitrogens with zero attached hydrogens (tertiary/aromatic N) is 2. The molecule has 1 amide bonds. The van der Waals surface area contributed by atoms with Crippen LogP contribution in [0.25, 0.3) is 0 Å². The molecule has 2 fully saturated rings. The first kappa shape index (κ1) is 13.8. The highest BCUT2D eigenvalue weighted by atomic mass is 16.5. The van der Waals surface area contributed by atoms with Crippen molar-refractivity contribution in [2.75, 3.05) is 33.4 Å². The van der Waals surface area contributed by atoms with Crippen LogP contribution in [0.5, 0.6) is 0 Å². The van der Waals surface area contributed by atoms with E-state index in [0.717, 1.165) is 6.54 Å². The van der Waals surface area contributed by atoms with Crippen molar-refractivity contribution in [1.29, 1.82) is 0 Å². The van der Waals surface area contributed by atoms with Crippen molar-refractivity contribution in [3.8, 4) is 0 Å². The van der Waals surface area contributed by atoms with E-state index in [4.69, 9.17) is 4.74 Å². The molecule has 5 nitrogen and oxygen atoms in total. The molecule has 0 aromatic carbocycles. The van der Waals surface area contributed by atoms with Gasteiger partial charge < -0.3 is 14.7 Å². The van der Waals surface area contributed by atoms with Gasteiger partial charge in [0.05, 0.1) is 0 Å². The standard InChI is InChI=1S/C13H24N2O3/c1-10-9-15(11(2)8-14(10)3)12(16)13(17)4-6-18-7-5-13/h10-11,17H,4-9H2,1-3H3. The number of ether oxygens (including phenoxy) is 1. The van der Waals surface area contributed by atoms with E-state index < -0.39 is 5.60 Å². The van der Waals surface area contributed by atoms with E-state index in [2.05, 4.69) is 18.9 Å². The van der Waals surface area contributed by atoms with Crippen LogP contribution in [0.4, 0.5) is 0 Å². The fraction of sp³-hybridized carbons (Fsp3) is 0.923. The molecule has 5 heteroatoms. The summed E-state index contributed by atoms with van der Waals surface area (Å²) in [6.45, 7) is 6.65. The molecule has 1 N–H and O–H groups in total. The summed E-state index contributed by atoms with van der Waals surface area (Å²) in [6, 6.07) is 0.499. The van der Waals surface area contributed by atoms with E-state index in [0.29, 0.717) is 38.6 Å². The van der Waals surface area contributed by atoms with Crippen LogP contribution in [-0.4, -0.2) is 71.8 Å². The number of likely N-dealkylation sites (N-methyl/N-ethyl adjacent to an activating group) is 1. The van der Waals surface area contributed by atoms with E-state index in [1.165, 1.54) is 0 Å². The highest BCUT2D eigenvalue weighted by Gasteiger charge is 2.43. The number of hydrogen-bond acceptors (Lipinski definition) is 4. The van der Waals surface area contributed by atoms with Gasteiger partial charge in [0, 0.05) is 51.2 Å². The monoisotopic (exact) mass is 256 g/mol. The van der Waals surface area contributed by atoms with Crippen molar-refractivity contribution in [2.45, 2.75) is 44.4 Å². The lowest BCUT2D eigenvalue weighted by Crippen LogP contribution is -2.62. The van der Waals surface area contributed by atoms with E-state index in [1.807, 2.05) is 11.8 Å². The van der Waals surface area contributed by atoms with Gasteiger partial charge in [-0.05, 0) is 20.9 Å². The molecule has 0 bridgehead atoms. The van der Waals surface area contributed by atoms with Gasteiger partial charge in [0.1, 0.15) is 5.60 Å². The third-order valence-corrected chi connectivity index (χ3v) is 4.28. The maximum atomic E-state index is 12.5. The maximum Gasteiger partial charge on any atom is 0.255 e. The molecule has 0 aliphatic carbocycles. The summed E-state index contributed by atoms with van der Waals surface area (Å²) in [6.07, 6.45) is 0.832. The van der Waals surface area contributed by atoms with E-state index in [1.54, 1.807) is 0 Å². The molecule has 104 valence electrons. The van der Waals surface area contributed by atoms with Crippen LogP contribution >= 0.6 is 0 Å². The minimum Gasteiger partial charge on any atom is -0.381 e. The Morgan fingerprint density at radius 2 is 1.83 bits per heavy atom. The topological polar surface area (TPSA) is 53.0 Å². The quantitative estimate of drug-likeness (QED) is 0.722. The van der Waals surface area contributed by atoms with Gasteiger partial charge in [0.25, 0.3) is 5.91 Å². The zero-order valence-electron chi connectivity index (χ0n) is 11.6. The van der Waals surface area contributed by atoms with Crippen molar-refractivity contribution in [2.24, 2.45) is 0 Å². The Kier molecular flexibility index (Phi) is 3.94. The highest BCUT2D eigenvalue weighted by Crippen LogP contribution is 2.26. The smallest absolute Gasteiger partial charge is 0.255 e. The Morgan fingerprint density at radius 3 is 2.44 bits per heavy atom. The van der Waals surface area contributed by atoms with Crippen LogP contribution in [0.15, 0.2) is 0 Å². The second-order valence-electron chi connectivity index (χ2n) is 5.74. The van der Waals surface area contributed by atoms with Gasteiger partial charge in [0.2, 0.25) is 0 Å². The molecule has 0 aromatic rings. The summed E-state index contributed by atoms with van der Waals surface area (Å²) in [5, 5.41) is 10.5. The van der Waals surface area contributed by atoms with Gasteiger partial charge in [-0.1, -0.05) is 0 Å². The fourth-order valence-corrected chi connectivity index (χ4v) is 2.77. The third-order valence-electron chi connectivity index (χ3n) is 4.28. The molecule has 0 saturated carbocycles. The third kappa shape index (κ3) is 2.53. The van der Waals surface area contributed by atoms with Gasteiger partial charge in [-0.2, -0.15) is 0 Å². The van der Waals surface area contributed by atoms with Crippen molar-refractivity contribution in [3.05, 3.63) is 0 Å². The van der Waals surface area contributed by atoms with Gasteiger partial charge >= 0.3 is 0 Å². The van der Waals surface area contributed by atoms with Crippen LogP contribution in [0.2, 0.25) is 0 Å². The lowest BCUT2D eigenvalue weighted by atomic mass is 9.91. The number of carbonyl (C=O) groups excluding carboxylic acids is 1. The Balaban J connectivity index is 2.08. The SMILES string of the molecule is CC1CN(C(=O)C2(O)CCOCC2)C(C)CN1C. The van der Waals surface area contributed by atoms with E-state index >= 15 is 0 Å². The highest BCUT2D eigenvalue weighted by molar-refractivity contribution is 5.85. The minimum atomic E-state index is -1.21. The van der Waals surface area contributed by atoms with Gasteiger partial charge in [-0.3, -0.25) is 9.69 Å². The predicted octanol–water partition coefficient (Wildman–Crippen LogP) is 0.0789. The summed E-state index contributed by atoms with van der Waals surface area (Å²) < 4.78 is 5.23. The van der Waals surface area contributed by atoms with Crippen molar-refractivity contribution in [1.82, 2.24) is 9.80 Å². The fourth-order valence-electron chi connectivity index (χ4n) is 2.77. The number of hydrogen-bond donors (Lipinski definition) is 1. The lowest BCUT2D eigenvalue weighted by molar-refractivity contribution is -0.166. The second kappa shape index (κ2) is 5.15. The molecule has 0 aromatic heterocycles. The first-order chi connectivity index (χ1) is 8.44. The molecule has 2 saturated heterocycles. The van der Waals surface area contributed by atoms with E-state index in [-0.39, 0.29) is 11.9 Å². The molecular formula is C13H24N2O3. The number of amides is 1. The predicted molar refractivity (Wildman–Crippen MR) is 68.3 cm³/mol. The first-order valence-corrected chi connectivity index (χ1v) is 6.75. The molecule has 0 radical (unpaired) electrons. The summed E-state index contributed by atoms with van der Waals surface area (Å²) in [4.78, 5) is 16.6. The number of piperazine rings is 1. The molecule has 0 spiro atoms.